The van der Waals surface area contributed by atoms with Gasteiger partial charge in [-0.3, -0.25) is 0 Å². The second-order valence-electron chi connectivity index (χ2n) is 5.78. The van der Waals surface area contributed by atoms with Crippen LogP contribution in [0, 0.1) is 11.3 Å². The van der Waals surface area contributed by atoms with E-state index in [9.17, 15) is 9.59 Å². The predicted octanol–water partition coefficient (Wildman–Crippen LogP) is 2.69. The molecule has 1 atom stereocenters. The van der Waals surface area contributed by atoms with Gasteiger partial charge in [-0.1, -0.05) is 42.5 Å². The number of nitrogens with two attached hydrogens (primary N) is 1. The van der Waals surface area contributed by atoms with Gasteiger partial charge in [0.15, 0.2) is 0 Å². The number of nitrogens with zero attached hydrogens (tertiary/aromatic N) is 1. The molecule has 4 N–H and O–H groups in total. The van der Waals surface area contributed by atoms with Gasteiger partial charge in [-0.25, -0.2) is 9.59 Å². The van der Waals surface area contributed by atoms with Gasteiger partial charge in [0, 0.05) is 17.7 Å². The van der Waals surface area contributed by atoms with Gasteiger partial charge >= 0.3 is 11.9 Å². The number of hydrogen-bond donors (Lipinski definition) is 3. The molecule has 0 aliphatic carbocycles. The van der Waals surface area contributed by atoms with Crippen LogP contribution in [-0.2, 0) is 21.5 Å². The van der Waals surface area contributed by atoms with Crippen molar-refractivity contribution in [2.45, 2.75) is 18.9 Å². The number of aliphatic carboxylic acids is 2. The van der Waals surface area contributed by atoms with Crippen molar-refractivity contribution in [2.24, 2.45) is 5.73 Å². The molecule has 2 rings (SSSR count). The Bertz CT molecular complexity index is 805. The van der Waals surface area contributed by atoms with Crippen molar-refractivity contribution in [3.05, 3.63) is 83.4 Å². The zero-order chi connectivity index (χ0) is 19.6. The molecule has 0 fully saturated rings. The molecule has 0 amide bonds. The number of nitriles is 1. The van der Waals surface area contributed by atoms with E-state index in [4.69, 9.17) is 21.2 Å². The molecule has 0 radical (unpaired) electrons. The van der Waals surface area contributed by atoms with Crippen molar-refractivity contribution >= 4 is 11.9 Å². The van der Waals surface area contributed by atoms with Gasteiger partial charge in [-0.05, 0) is 36.6 Å². The first-order chi connectivity index (χ1) is 12.2. The lowest BCUT2D eigenvalue weighted by Gasteiger charge is -2.25. The monoisotopic (exact) mass is 352 g/mol. The van der Waals surface area contributed by atoms with E-state index in [1.165, 1.54) is 0 Å². The van der Waals surface area contributed by atoms with Gasteiger partial charge in [0.25, 0.3) is 0 Å². The summed E-state index contributed by atoms with van der Waals surface area (Å²) in [5.41, 5.74) is 8.82. The summed E-state index contributed by atoms with van der Waals surface area (Å²) in [6, 6.07) is 19.8. The van der Waals surface area contributed by atoms with E-state index >= 15 is 0 Å². The molecular formula is C20H20N2O4. The van der Waals surface area contributed by atoms with Crippen LogP contribution in [0.25, 0.3) is 0 Å². The van der Waals surface area contributed by atoms with Gasteiger partial charge in [0.05, 0.1) is 11.6 Å². The third-order valence-corrected chi connectivity index (χ3v) is 3.43. The van der Waals surface area contributed by atoms with E-state index in [1.54, 1.807) is 6.07 Å². The number of hydrogen-bond acceptors (Lipinski definition) is 4. The first-order valence-corrected chi connectivity index (χ1v) is 7.72. The quantitative estimate of drug-likeness (QED) is 0.711. The second-order valence-corrected chi connectivity index (χ2v) is 5.78. The van der Waals surface area contributed by atoms with Gasteiger partial charge in [0.2, 0.25) is 0 Å². The molecule has 6 heteroatoms. The van der Waals surface area contributed by atoms with Gasteiger partial charge in [-0.15, -0.1) is 0 Å². The van der Waals surface area contributed by atoms with Gasteiger partial charge in [0.1, 0.15) is 0 Å². The maximum absolute atomic E-state index is 9.55. The standard InChI is InChI=1S/C16H16N2.C4H4O4/c1-16(18,15-8-3-2-4-9-15)11-13-6-5-7-14(10-13)12-17;5-3(6)1-2-4(7)8/h2-10H,11,18H2,1H3;1-2H,(H,5,6)(H,7,8)/b;2-1-. The third-order valence-electron chi connectivity index (χ3n) is 3.43. The van der Waals surface area contributed by atoms with Crippen molar-refractivity contribution in [3.8, 4) is 6.07 Å². The Kier molecular flexibility index (Phi) is 7.74. The van der Waals surface area contributed by atoms with Crippen LogP contribution >= 0.6 is 0 Å². The molecule has 0 aliphatic rings. The van der Waals surface area contributed by atoms with Crippen LogP contribution in [0.1, 0.15) is 23.6 Å². The summed E-state index contributed by atoms with van der Waals surface area (Å²) in [7, 11) is 0. The highest BCUT2D eigenvalue weighted by molar-refractivity contribution is 5.89. The molecule has 2 aromatic carbocycles. The van der Waals surface area contributed by atoms with Gasteiger partial charge in [-0.2, -0.15) is 5.26 Å². The van der Waals surface area contributed by atoms with E-state index in [-0.39, 0.29) is 0 Å². The maximum atomic E-state index is 9.55. The van der Waals surface area contributed by atoms with Crippen LogP contribution in [0.2, 0.25) is 0 Å². The topological polar surface area (TPSA) is 124 Å². The number of carboxylic acid groups (broad SMARTS) is 2. The summed E-state index contributed by atoms with van der Waals surface area (Å²) >= 11 is 0. The summed E-state index contributed by atoms with van der Waals surface area (Å²) in [5, 5.41) is 24.5. The highest BCUT2D eigenvalue weighted by atomic mass is 16.4. The Morgan fingerprint density at radius 2 is 1.65 bits per heavy atom. The molecule has 6 nitrogen and oxygen atoms in total. The molecule has 0 aromatic heterocycles. The molecule has 26 heavy (non-hydrogen) atoms. The molecule has 1 unspecified atom stereocenters. The molecule has 0 spiro atoms. The molecule has 0 saturated heterocycles. The van der Waals surface area contributed by atoms with Crippen LogP contribution in [0.5, 0.6) is 0 Å². The SMILES string of the molecule is CC(N)(Cc1cccc(C#N)c1)c1ccccc1.O=C(O)/C=C\C(=O)O. The van der Waals surface area contributed by atoms with Crippen LogP contribution < -0.4 is 5.73 Å². The fourth-order valence-electron chi connectivity index (χ4n) is 2.24. The Morgan fingerprint density at radius 1 is 1.08 bits per heavy atom. The Hall–Kier alpha value is -3.43. The first-order valence-electron chi connectivity index (χ1n) is 7.72. The lowest BCUT2D eigenvalue weighted by Crippen LogP contribution is -2.35. The normalized spacial score (nSPS) is 12.3. The number of benzene rings is 2. The average molecular weight is 352 g/mol. The summed E-state index contributed by atoms with van der Waals surface area (Å²) in [6.07, 6.45) is 1.83. The largest absolute Gasteiger partial charge is 0.478 e. The van der Waals surface area contributed by atoms with Gasteiger partial charge < -0.3 is 15.9 Å². The minimum absolute atomic E-state index is 0.421. The third kappa shape index (κ3) is 7.43. The zero-order valence-corrected chi connectivity index (χ0v) is 14.3. The molecular weight excluding hydrogens is 332 g/mol. The summed E-state index contributed by atoms with van der Waals surface area (Å²) in [5.74, 6) is -2.51. The highest BCUT2D eigenvalue weighted by Crippen LogP contribution is 2.22. The van der Waals surface area contributed by atoms with E-state index in [1.807, 2.05) is 55.5 Å². The van der Waals surface area contributed by atoms with Crippen molar-refractivity contribution in [2.75, 3.05) is 0 Å². The maximum Gasteiger partial charge on any atom is 0.328 e. The van der Waals surface area contributed by atoms with Crippen LogP contribution in [0.4, 0.5) is 0 Å². The second kappa shape index (κ2) is 9.77. The Balaban J connectivity index is 0.000000359. The molecule has 0 saturated carbocycles. The van der Waals surface area contributed by atoms with Crippen molar-refractivity contribution < 1.29 is 19.8 Å². The molecule has 0 bridgehead atoms. The Labute approximate surface area is 151 Å². The minimum Gasteiger partial charge on any atom is -0.478 e. The molecule has 0 heterocycles. The van der Waals surface area contributed by atoms with Crippen molar-refractivity contribution in [1.29, 1.82) is 5.26 Å². The van der Waals surface area contributed by atoms with E-state index in [2.05, 4.69) is 6.07 Å². The van der Waals surface area contributed by atoms with E-state index in [0.29, 0.717) is 24.1 Å². The fourth-order valence-corrected chi connectivity index (χ4v) is 2.24. The number of carbonyl (C=O) groups is 2. The fraction of sp³-hybridized carbons (Fsp3) is 0.150. The van der Waals surface area contributed by atoms with Crippen LogP contribution in [0.3, 0.4) is 0 Å². The lowest BCUT2D eigenvalue weighted by molar-refractivity contribution is -0.134. The minimum atomic E-state index is -1.26. The smallest absolute Gasteiger partial charge is 0.328 e. The van der Waals surface area contributed by atoms with Crippen molar-refractivity contribution in [1.82, 2.24) is 0 Å². The predicted molar refractivity (Wildman–Crippen MR) is 97.3 cm³/mol. The van der Waals surface area contributed by atoms with Crippen LogP contribution in [0.15, 0.2) is 66.7 Å². The zero-order valence-electron chi connectivity index (χ0n) is 14.3. The number of rotatable bonds is 5. The first kappa shape index (κ1) is 20.6. The molecule has 134 valence electrons. The summed E-state index contributed by atoms with van der Waals surface area (Å²) in [6.45, 7) is 2.02. The number of carboxylic acids is 2. The molecule has 2 aromatic rings. The molecule has 0 aliphatic heterocycles. The Morgan fingerprint density at radius 3 is 2.15 bits per heavy atom. The van der Waals surface area contributed by atoms with Crippen LogP contribution in [-0.4, -0.2) is 22.2 Å². The van der Waals surface area contributed by atoms with E-state index in [0.717, 1.165) is 11.1 Å². The summed E-state index contributed by atoms with van der Waals surface area (Å²) < 4.78 is 0. The van der Waals surface area contributed by atoms with Crippen molar-refractivity contribution in [3.63, 3.8) is 0 Å². The average Bonchev–Trinajstić information content (AvgIpc) is 2.61. The van der Waals surface area contributed by atoms with E-state index < -0.39 is 17.5 Å². The highest BCUT2D eigenvalue weighted by Gasteiger charge is 2.21. The lowest BCUT2D eigenvalue weighted by atomic mass is 9.86. The summed E-state index contributed by atoms with van der Waals surface area (Å²) in [4.78, 5) is 19.1.